The van der Waals surface area contributed by atoms with Gasteiger partial charge in [0.1, 0.15) is 17.1 Å². The van der Waals surface area contributed by atoms with Crippen molar-refractivity contribution in [3.63, 3.8) is 0 Å². The van der Waals surface area contributed by atoms with Crippen LogP contribution >= 0.6 is 0 Å². The van der Waals surface area contributed by atoms with Gasteiger partial charge in [0.05, 0.1) is 23.8 Å². The van der Waals surface area contributed by atoms with Crippen molar-refractivity contribution in [2.24, 2.45) is 0 Å². The summed E-state index contributed by atoms with van der Waals surface area (Å²) < 4.78 is 5.28. The molecule has 0 bridgehead atoms. The summed E-state index contributed by atoms with van der Waals surface area (Å²) in [4.78, 5) is 23.0. The minimum absolute atomic E-state index is 0.000249. The lowest BCUT2D eigenvalue weighted by Gasteiger charge is -2.11. The zero-order chi connectivity index (χ0) is 19.0. The number of aromatic hydroxyl groups is 1. The maximum atomic E-state index is 11.4. The molecule has 134 valence electrons. The number of hydrogen-bond donors (Lipinski definition) is 3. The summed E-state index contributed by atoms with van der Waals surface area (Å²) in [5.74, 6) is -0.292. The zero-order valence-electron chi connectivity index (χ0n) is 14.3. The summed E-state index contributed by atoms with van der Waals surface area (Å²) >= 11 is 0. The van der Waals surface area contributed by atoms with Crippen LogP contribution in [0.15, 0.2) is 54.7 Å². The first-order valence-corrected chi connectivity index (χ1v) is 8.14. The van der Waals surface area contributed by atoms with E-state index in [1.54, 1.807) is 48.7 Å². The molecule has 0 saturated carbocycles. The predicted octanol–water partition coefficient (Wildman–Crippen LogP) is 3.70. The highest BCUT2D eigenvalue weighted by Crippen LogP contribution is 2.40. The number of nitrogens with one attached hydrogen (secondary N) is 1. The van der Waals surface area contributed by atoms with E-state index in [-0.39, 0.29) is 11.3 Å². The number of aromatic amines is 1. The molecule has 2 aromatic heterocycles. The van der Waals surface area contributed by atoms with Crippen molar-refractivity contribution in [2.45, 2.75) is 0 Å². The van der Waals surface area contributed by atoms with Crippen LogP contribution in [0.5, 0.6) is 11.6 Å². The number of pyridine rings is 1. The summed E-state index contributed by atoms with van der Waals surface area (Å²) in [5, 5.41) is 20.2. The van der Waals surface area contributed by atoms with Crippen LogP contribution in [-0.2, 0) is 0 Å². The number of hydrogen-bond acceptors (Lipinski definition) is 5. The molecule has 7 nitrogen and oxygen atoms in total. The molecule has 7 heteroatoms. The van der Waals surface area contributed by atoms with Crippen molar-refractivity contribution in [3.8, 4) is 34.1 Å². The SMILES string of the molecule is COc1ncccc1-c1cccc(-c2nc3c(C(=O)O)cccc3[nH]2)c1O. The number of phenols is 1. The van der Waals surface area contributed by atoms with Gasteiger partial charge >= 0.3 is 5.97 Å². The van der Waals surface area contributed by atoms with Crippen LogP contribution in [0, 0.1) is 0 Å². The van der Waals surface area contributed by atoms with E-state index in [1.165, 1.54) is 13.2 Å². The van der Waals surface area contributed by atoms with Crippen LogP contribution in [0.25, 0.3) is 33.5 Å². The minimum atomic E-state index is -1.06. The van der Waals surface area contributed by atoms with E-state index in [4.69, 9.17) is 4.74 Å². The summed E-state index contributed by atoms with van der Waals surface area (Å²) in [5.41, 5.74) is 2.64. The van der Waals surface area contributed by atoms with Crippen molar-refractivity contribution in [1.29, 1.82) is 0 Å². The number of aromatic carboxylic acids is 1. The number of phenolic OH excluding ortho intramolecular Hbond substituents is 1. The monoisotopic (exact) mass is 361 g/mol. The van der Waals surface area contributed by atoms with E-state index in [1.807, 2.05) is 0 Å². The number of rotatable bonds is 4. The van der Waals surface area contributed by atoms with Crippen LogP contribution in [0.2, 0.25) is 0 Å². The van der Waals surface area contributed by atoms with Crippen LogP contribution in [0.3, 0.4) is 0 Å². The molecule has 2 heterocycles. The second-order valence-corrected chi connectivity index (χ2v) is 5.85. The lowest BCUT2D eigenvalue weighted by atomic mass is 10.0. The van der Waals surface area contributed by atoms with Crippen LogP contribution in [0.1, 0.15) is 10.4 Å². The molecule has 0 aliphatic heterocycles. The van der Waals surface area contributed by atoms with Crippen molar-refractivity contribution in [2.75, 3.05) is 7.11 Å². The second kappa shape index (κ2) is 6.45. The maximum absolute atomic E-state index is 11.4. The Labute approximate surface area is 153 Å². The Hall–Kier alpha value is -3.87. The Balaban J connectivity index is 1.90. The number of para-hydroxylation sites is 2. The van der Waals surface area contributed by atoms with Gasteiger partial charge in [-0.25, -0.2) is 14.8 Å². The number of nitrogens with zero attached hydrogens (tertiary/aromatic N) is 2. The second-order valence-electron chi connectivity index (χ2n) is 5.85. The molecule has 0 spiro atoms. The van der Waals surface area contributed by atoms with Crippen molar-refractivity contribution in [3.05, 3.63) is 60.3 Å². The average molecular weight is 361 g/mol. The van der Waals surface area contributed by atoms with Crippen LogP contribution in [0.4, 0.5) is 0 Å². The fraction of sp³-hybridized carbons (Fsp3) is 0.0500. The molecule has 0 atom stereocenters. The van der Waals surface area contributed by atoms with Gasteiger partial charge in [-0.1, -0.05) is 18.2 Å². The van der Waals surface area contributed by atoms with Crippen molar-refractivity contribution in [1.82, 2.24) is 15.0 Å². The van der Waals surface area contributed by atoms with Gasteiger partial charge in [0.15, 0.2) is 0 Å². The van der Waals surface area contributed by atoms with Crippen molar-refractivity contribution < 1.29 is 19.7 Å². The minimum Gasteiger partial charge on any atom is -0.507 e. The van der Waals surface area contributed by atoms with E-state index < -0.39 is 5.97 Å². The molecule has 0 fully saturated rings. The lowest BCUT2D eigenvalue weighted by Crippen LogP contribution is -1.96. The number of aromatic nitrogens is 3. The van der Waals surface area contributed by atoms with Crippen LogP contribution in [-0.4, -0.2) is 38.2 Å². The number of carboxylic acid groups (broad SMARTS) is 1. The van der Waals surface area contributed by atoms with E-state index in [2.05, 4.69) is 15.0 Å². The number of imidazole rings is 1. The molecule has 4 rings (SSSR count). The largest absolute Gasteiger partial charge is 0.507 e. The van der Waals surface area contributed by atoms with Gasteiger partial charge in [-0.05, 0) is 30.3 Å². The standard InChI is InChI=1S/C20H15N3O4/c1-27-19-12(8-4-10-21-19)11-5-2-7-14(17(11)24)18-22-15-9-3-6-13(20(25)26)16(15)23-18/h2-10,24H,1H3,(H,22,23)(H,25,26). The number of carbonyl (C=O) groups is 1. The summed E-state index contributed by atoms with van der Waals surface area (Å²) in [7, 11) is 1.51. The highest BCUT2D eigenvalue weighted by atomic mass is 16.5. The fourth-order valence-electron chi connectivity index (χ4n) is 3.04. The molecule has 3 N–H and O–H groups in total. The number of H-pyrrole nitrogens is 1. The number of fused-ring (bicyclic) bond motifs is 1. The molecule has 2 aromatic carbocycles. The molecular weight excluding hydrogens is 346 g/mol. The first-order chi connectivity index (χ1) is 13.1. The molecule has 0 radical (unpaired) electrons. The zero-order valence-corrected chi connectivity index (χ0v) is 14.3. The molecule has 0 unspecified atom stereocenters. The number of carboxylic acids is 1. The first-order valence-electron chi connectivity index (χ1n) is 8.14. The van der Waals surface area contributed by atoms with E-state index in [0.717, 1.165) is 0 Å². The van der Waals surface area contributed by atoms with Gasteiger partial charge in [-0.15, -0.1) is 0 Å². The number of methoxy groups -OCH3 is 1. The van der Waals surface area contributed by atoms with Crippen LogP contribution < -0.4 is 4.74 Å². The third-order valence-corrected chi connectivity index (χ3v) is 4.29. The highest BCUT2D eigenvalue weighted by molar-refractivity contribution is 6.01. The molecular formula is C20H15N3O4. The highest BCUT2D eigenvalue weighted by Gasteiger charge is 2.18. The van der Waals surface area contributed by atoms with E-state index in [9.17, 15) is 15.0 Å². The Bertz CT molecular complexity index is 1170. The predicted molar refractivity (Wildman–Crippen MR) is 99.9 cm³/mol. The molecule has 0 amide bonds. The fourth-order valence-corrected chi connectivity index (χ4v) is 3.04. The van der Waals surface area contributed by atoms with Crippen molar-refractivity contribution >= 4 is 17.0 Å². The third-order valence-electron chi connectivity index (χ3n) is 4.29. The van der Waals surface area contributed by atoms with E-state index >= 15 is 0 Å². The number of benzene rings is 2. The normalized spacial score (nSPS) is 10.9. The lowest BCUT2D eigenvalue weighted by molar-refractivity contribution is 0.0699. The topological polar surface area (TPSA) is 108 Å². The molecule has 27 heavy (non-hydrogen) atoms. The summed E-state index contributed by atoms with van der Waals surface area (Å²) in [6, 6.07) is 13.7. The van der Waals surface area contributed by atoms with Gasteiger partial charge in [-0.3, -0.25) is 0 Å². The van der Waals surface area contributed by atoms with Gasteiger partial charge in [0.2, 0.25) is 5.88 Å². The average Bonchev–Trinajstić information content (AvgIpc) is 3.12. The third kappa shape index (κ3) is 2.75. The summed E-state index contributed by atoms with van der Waals surface area (Å²) in [6.07, 6.45) is 1.61. The Morgan fingerprint density at radius 3 is 2.56 bits per heavy atom. The van der Waals surface area contributed by atoms with E-state index in [0.29, 0.717) is 39.4 Å². The van der Waals surface area contributed by atoms with Gasteiger partial charge in [-0.2, -0.15) is 0 Å². The Kier molecular flexibility index (Phi) is 3.97. The number of ether oxygens (including phenoxy) is 1. The van der Waals surface area contributed by atoms with Gasteiger partial charge in [0, 0.05) is 17.3 Å². The molecule has 0 aliphatic rings. The first kappa shape index (κ1) is 16.6. The molecule has 0 saturated heterocycles. The maximum Gasteiger partial charge on any atom is 0.337 e. The van der Waals surface area contributed by atoms with Gasteiger partial charge < -0.3 is 19.9 Å². The smallest absolute Gasteiger partial charge is 0.337 e. The van der Waals surface area contributed by atoms with Gasteiger partial charge in [0.25, 0.3) is 0 Å². The summed E-state index contributed by atoms with van der Waals surface area (Å²) in [6.45, 7) is 0. The Morgan fingerprint density at radius 1 is 1.04 bits per heavy atom. The quantitative estimate of drug-likeness (QED) is 0.511. The Morgan fingerprint density at radius 2 is 1.78 bits per heavy atom. The molecule has 0 aliphatic carbocycles. The molecule has 4 aromatic rings.